The highest BCUT2D eigenvalue weighted by atomic mass is 32.2. The minimum absolute atomic E-state index is 0.0205. The minimum Gasteiger partial charge on any atom is -0.315 e. The maximum atomic E-state index is 13.5. The lowest BCUT2D eigenvalue weighted by Gasteiger charge is -2.46. The fourth-order valence-corrected chi connectivity index (χ4v) is 6.71. The van der Waals surface area contributed by atoms with Gasteiger partial charge in [-0.3, -0.25) is 15.0 Å². The van der Waals surface area contributed by atoms with Gasteiger partial charge in [0.25, 0.3) is 0 Å². The predicted octanol–water partition coefficient (Wildman–Crippen LogP) is 1.65. The number of rotatable bonds is 2. The van der Waals surface area contributed by atoms with Crippen LogP contribution in [0, 0.1) is 23.3 Å². The number of amides is 1. The number of alkyl halides is 3. The van der Waals surface area contributed by atoms with Crippen LogP contribution in [0.5, 0.6) is 0 Å². The van der Waals surface area contributed by atoms with Gasteiger partial charge in [0, 0.05) is 38.0 Å². The molecule has 1 aliphatic carbocycles. The normalized spacial score (nSPS) is 37.6. The number of fused-ring (bicyclic) bond motifs is 1. The zero-order valence-electron chi connectivity index (χ0n) is 15.7. The second-order valence-corrected chi connectivity index (χ2v) is 9.49. The minimum atomic E-state index is -4.14. The zero-order valence-corrected chi connectivity index (χ0v) is 16.5. The molecule has 0 aromatic heterocycles. The van der Waals surface area contributed by atoms with Crippen LogP contribution in [-0.2, 0) is 4.79 Å². The van der Waals surface area contributed by atoms with Crippen molar-refractivity contribution in [1.29, 1.82) is 5.26 Å². The first-order valence-corrected chi connectivity index (χ1v) is 11.0. The van der Waals surface area contributed by atoms with Crippen molar-refractivity contribution in [2.24, 2.45) is 11.8 Å². The van der Waals surface area contributed by atoms with E-state index in [2.05, 4.69) is 16.4 Å². The lowest BCUT2D eigenvalue weighted by atomic mass is 9.77. The second-order valence-electron chi connectivity index (χ2n) is 8.16. The molecule has 2 unspecified atom stereocenters. The topological polar surface area (TPSA) is 62.6 Å². The molecule has 156 valence electrons. The molecule has 1 saturated carbocycles. The van der Waals surface area contributed by atoms with Crippen molar-refractivity contribution >= 4 is 17.7 Å². The molecule has 1 N–H and O–H groups in total. The number of nitrogens with one attached hydrogen (secondary N) is 1. The maximum Gasteiger partial charge on any atom is 0.392 e. The predicted molar refractivity (Wildman–Crippen MR) is 98.9 cm³/mol. The number of hydrogen-bond acceptors (Lipinski definition) is 6. The summed E-state index contributed by atoms with van der Waals surface area (Å²) in [5.74, 6) is -1.63. The number of halogens is 3. The summed E-state index contributed by atoms with van der Waals surface area (Å²) >= 11 is 1.49. The molecule has 3 aliphatic heterocycles. The van der Waals surface area contributed by atoms with Gasteiger partial charge in [-0.25, -0.2) is 0 Å². The number of carbonyl (C=O) groups excluding carboxylic acids is 1. The fraction of sp³-hybridized carbons (Fsp3) is 0.889. The van der Waals surface area contributed by atoms with Crippen LogP contribution in [-0.4, -0.2) is 82.8 Å². The van der Waals surface area contributed by atoms with Crippen molar-refractivity contribution in [3.05, 3.63) is 0 Å². The van der Waals surface area contributed by atoms with E-state index in [1.54, 1.807) is 9.80 Å². The number of carbonyl (C=O) groups is 1. The summed E-state index contributed by atoms with van der Waals surface area (Å²) in [5.41, 5.74) is -0.270. The van der Waals surface area contributed by atoms with Gasteiger partial charge in [-0.05, 0) is 18.8 Å². The molecule has 0 spiro atoms. The summed E-state index contributed by atoms with van der Waals surface area (Å²) in [6.45, 7) is 3.56. The van der Waals surface area contributed by atoms with Gasteiger partial charge < -0.3 is 9.80 Å². The van der Waals surface area contributed by atoms with Crippen LogP contribution in [0.25, 0.3) is 0 Å². The van der Waals surface area contributed by atoms with E-state index in [-0.39, 0.29) is 35.0 Å². The Labute approximate surface area is 167 Å². The van der Waals surface area contributed by atoms with Gasteiger partial charge >= 0.3 is 6.18 Å². The molecule has 5 atom stereocenters. The Balaban J connectivity index is 1.41. The number of nitrogens with zero attached hydrogens (tertiary/aromatic N) is 4. The molecule has 4 rings (SSSR count). The van der Waals surface area contributed by atoms with Crippen molar-refractivity contribution in [2.45, 2.75) is 48.6 Å². The monoisotopic (exact) mass is 417 g/mol. The van der Waals surface area contributed by atoms with E-state index in [1.165, 1.54) is 11.8 Å². The van der Waals surface area contributed by atoms with Crippen LogP contribution in [0.4, 0.5) is 13.2 Å². The third kappa shape index (κ3) is 3.81. The molecular formula is C18H26F3N5OS. The van der Waals surface area contributed by atoms with Crippen LogP contribution in [0.2, 0.25) is 0 Å². The summed E-state index contributed by atoms with van der Waals surface area (Å²) < 4.78 is 40.5. The first kappa shape index (κ1) is 20.1. The molecule has 0 aromatic carbocycles. The third-order valence-corrected chi connectivity index (χ3v) is 8.17. The van der Waals surface area contributed by atoms with Gasteiger partial charge in [0.2, 0.25) is 5.91 Å². The van der Waals surface area contributed by atoms with Crippen LogP contribution < -0.4 is 5.32 Å². The van der Waals surface area contributed by atoms with Crippen molar-refractivity contribution in [1.82, 2.24) is 20.0 Å². The van der Waals surface area contributed by atoms with E-state index in [4.69, 9.17) is 5.26 Å². The molecule has 1 amide bonds. The van der Waals surface area contributed by atoms with Crippen molar-refractivity contribution in [3.8, 4) is 6.19 Å². The summed E-state index contributed by atoms with van der Waals surface area (Å²) in [6.07, 6.45) is 0.300. The third-order valence-electron chi connectivity index (χ3n) is 6.63. The van der Waals surface area contributed by atoms with E-state index >= 15 is 0 Å². The first-order valence-electron chi connectivity index (χ1n) is 10.0. The molecule has 4 aliphatic rings. The number of piperazine rings is 2. The summed E-state index contributed by atoms with van der Waals surface area (Å²) in [6, 6.07) is -0.332. The van der Waals surface area contributed by atoms with E-state index in [0.29, 0.717) is 45.6 Å². The van der Waals surface area contributed by atoms with Crippen LogP contribution in [0.15, 0.2) is 0 Å². The number of nitriles is 1. The van der Waals surface area contributed by atoms with Gasteiger partial charge in [0.1, 0.15) is 11.5 Å². The Morgan fingerprint density at radius 1 is 1.14 bits per heavy atom. The van der Waals surface area contributed by atoms with E-state index in [9.17, 15) is 18.0 Å². The van der Waals surface area contributed by atoms with Crippen molar-refractivity contribution in [2.75, 3.05) is 39.3 Å². The zero-order chi connectivity index (χ0) is 19.9. The number of hydrogen-bond donors (Lipinski definition) is 1. The average molecular weight is 418 g/mol. The molecule has 0 bridgehead atoms. The van der Waals surface area contributed by atoms with E-state index in [0.717, 1.165) is 13.0 Å². The molecule has 0 aromatic rings. The summed E-state index contributed by atoms with van der Waals surface area (Å²) in [4.78, 5) is 18.5. The van der Waals surface area contributed by atoms with Crippen molar-refractivity contribution in [3.63, 3.8) is 0 Å². The Bertz CT molecular complexity index is 642. The van der Waals surface area contributed by atoms with Crippen LogP contribution in [0.1, 0.15) is 25.7 Å². The maximum absolute atomic E-state index is 13.5. The SMILES string of the molecule is N#CN1CCN2CCN(C3NCC([C@H]4CCCC[C@@H]4C(F)(F)F)S3)C(=O)[C@H]2C1. The lowest BCUT2D eigenvalue weighted by Crippen LogP contribution is -2.66. The van der Waals surface area contributed by atoms with Gasteiger partial charge in [-0.1, -0.05) is 12.8 Å². The van der Waals surface area contributed by atoms with Crippen molar-refractivity contribution < 1.29 is 18.0 Å². The summed E-state index contributed by atoms with van der Waals surface area (Å²) in [7, 11) is 0. The van der Waals surface area contributed by atoms with Gasteiger partial charge in [0.05, 0.1) is 12.5 Å². The van der Waals surface area contributed by atoms with Gasteiger partial charge in [0.15, 0.2) is 6.19 Å². The first-order chi connectivity index (χ1) is 13.4. The highest BCUT2D eigenvalue weighted by molar-refractivity contribution is 8.00. The highest BCUT2D eigenvalue weighted by Gasteiger charge is 2.50. The van der Waals surface area contributed by atoms with Crippen LogP contribution in [0.3, 0.4) is 0 Å². The Hall–Kier alpha value is -1.18. The Morgan fingerprint density at radius 3 is 2.64 bits per heavy atom. The van der Waals surface area contributed by atoms with Crippen LogP contribution >= 0.6 is 11.8 Å². The average Bonchev–Trinajstić information content (AvgIpc) is 3.17. The Kier molecular flexibility index (Phi) is 5.69. The van der Waals surface area contributed by atoms with Gasteiger partial charge in [-0.2, -0.15) is 18.4 Å². The van der Waals surface area contributed by atoms with Gasteiger partial charge in [-0.15, -0.1) is 11.8 Å². The highest BCUT2D eigenvalue weighted by Crippen LogP contribution is 2.47. The fourth-order valence-electron chi connectivity index (χ4n) is 5.11. The molecule has 4 fully saturated rings. The molecule has 3 saturated heterocycles. The molecule has 0 radical (unpaired) electrons. The molecule has 3 heterocycles. The quantitative estimate of drug-likeness (QED) is 0.690. The Morgan fingerprint density at radius 2 is 1.89 bits per heavy atom. The van der Waals surface area contributed by atoms with E-state index < -0.39 is 12.1 Å². The summed E-state index contributed by atoms with van der Waals surface area (Å²) in [5, 5.41) is 12.3. The second kappa shape index (κ2) is 7.92. The largest absolute Gasteiger partial charge is 0.392 e. The molecule has 10 heteroatoms. The van der Waals surface area contributed by atoms with E-state index in [1.807, 2.05) is 0 Å². The molecular weight excluding hydrogens is 391 g/mol. The molecule has 28 heavy (non-hydrogen) atoms. The standard InChI is InChI=1S/C18H26F3N5OS/c19-18(20,21)13-4-2-1-3-12(13)15-9-23-17(28-15)26-8-7-25-6-5-24(11-22)10-14(25)16(26)27/h12-15,17,23H,1-10H2/t12-,13-,14+,15?,17?/m0/s1. The lowest BCUT2D eigenvalue weighted by molar-refractivity contribution is -0.195. The smallest absolute Gasteiger partial charge is 0.315 e. The molecule has 6 nitrogen and oxygen atoms in total. The number of thioether (sulfide) groups is 1.